The summed E-state index contributed by atoms with van der Waals surface area (Å²) < 4.78 is 0. The second kappa shape index (κ2) is 7.49. The monoisotopic (exact) mass is 255 g/mol. The van der Waals surface area contributed by atoms with Crippen LogP contribution in [-0.4, -0.2) is 34.7 Å². The number of likely N-dealkylation sites (tertiary alicyclic amines) is 1. The van der Waals surface area contributed by atoms with Gasteiger partial charge in [-0.2, -0.15) is 0 Å². The molecule has 0 amide bonds. The van der Waals surface area contributed by atoms with Gasteiger partial charge < -0.3 is 5.11 Å². The van der Waals surface area contributed by atoms with E-state index in [4.69, 9.17) is 0 Å². The maximum Gasteiger partial charge on any atom is 0.0721 e. The van der Waals surface area contributed by atoms with Gasteiger partial charge in [0, 0.05) is 5.54 Å². The minimum absolute atomic E-state index is 0.00258. The van der Waals surface area contributed by atoms with Gasteiger partial charge in [0.25, 0.3) is 0 Å². The van der Waals surface area contributed by atoms with Gasteiger partial charge in [-0.15, -0.1) is 0 Å². The van der Waals surface area contributed by atoms with Gasteiger partial charge in [-0.25, -0.2) is 0 Å². The number of rotatable bonds is 7. The van der Waals surface area contributed by atoms with E-state index in [-0.39, 0.29) is 11.6 Å². The number of aliphatic hydroxyl groups excluding tert-OH is 1. The van der Waals surface area contributed by atoms with Crippen LogP contribution in [-0.2, 0) is 0 Å². The zero-order chi connectivity index (χ0) is 13.6. The lowest BCUT2D eigenvalue weighted by atomic mass is 9.84. The van der Waals surface area contributed by atoms with Gasteiger partial charge in [0.2, 0.25) is 0 Å². The highest BCUT2D eigenvalue weighted by Crippen LogP contribution is 2.30. The molecule has 1 aliphatic rings. The zero-order valence-electron chi connectivity index (χ0n) is 12.9. The quantitative estimate of drug-likeness (QED) is 0.747. The molecule has 0 aliphatic carbocycles. The topological polar surface area (TPSA) is 23.5 Å². The molecule has 1 heterocycles. The summed E-state index contributed by atoms with van der Waals surface area (Å²) in [6.07, 6.45) is 8.19. The lowest BCUT2D eigenvalue weighted by molar-refractivity contribution is -0.0382. The Labute approximate surface area is 114 Å². The van der Waals surface area contributed by atoms with E-state index in [1.807, 2.05) is 0 Å². The normalized spacial score (nSPS) is 23.0. The number of piperidine rings is 1. The molecule has 1 rings (SSSR count). The summed E-state index contributed by atoms with van der Waals surface area (Å²) in [7, 11) is 0. The van der Waals surface area contributed by atoms with Crippen LogP contribution < -0.4 is 0 Å². The largest absolute Gasteiger partial charge is 0.391 e. The third kappa shape index (κ3) is 4.24. The summed E-state index contributed by atoms with van der Waals surface area (Å²) >= 11 is 0. The number of nitrogens with zero attached hydrogens (tertiary/aromatic N) is 1. The molecule has 1 aliphatic heterocycles. The van der Waals surface area contributed by atoms with Crippen LogP contribution in [0.1, 0.15) is 72.6 Å². The van der Waals surface area contributed by atoms with Crippen molar-refractivity contribution in [2.24, 2.45) is 5.92 Å². The molecule has 2 unspecified atom stereocenters. The number of hydrogen-bond donors (Lipinski definition) is 1. The molecule has 0 aromatic rings. The molecule has 0 radical (unpaired) electrons. The Morgan fingerprint density at radius 1 is 1.11 bits per heavy atom. The fraction of sp³-hybridized carbons (Fsp3) is 1.00. The lowest BCUT2D eigenvalue weighted by Gasteiger charge is -2.46. The highest BCUT2D eigenvalue weighted by atomic mass is 16.3. The lowest BCUT2D eigenvalue weighted by Crippen LogP contribution is -2.55. The van der Waals surface area contributed by atoms with Crippen LogP contribution in [0, 0.1) is 5.92 Å². The molecule has 18 heavy (non-hydrogen) atoms. The van der Waals surface area contributed by atoms with E-state index >= 15 is 0 Å². The van der Waals surface area contributed by atoms with Crippen molar-refractivity contribution in [3.63, 3.8) is 0 Å². The van der Waals surface area contributed by atoms with Gasteiger partial charge in [-0.3, -0.25) is 4.90 Å². The zero-order valence-corrected chi connectivity index (χ0v) is 12.9. The molecular formula is C16H33NO. The van der Waals surface area contributed by atoms with E-state index in [0.29, 0.717) is 0 Å². The Morgan fingerprint density at radius 3 is 2.22 bits per heavy atom. The first-order chi connectivity index (χ1) is 8.50. The molecule has 0 aromatic carbocycles. The summed E-state index contributed by atoms with van der Waals surface area (Å²) in [6.45, 7) is 11.3. The Balaban J connectivity index is 2.50. The first kappa shape index (κ1) is 16.0. The SMILES string of the molecule is CCC(C)(C(O)CCCC(C)C)N1CCCCC1. The molecule has 2 heteroatoms. The maximum atomic E-state index is 10.6. The Bertz CT molecular complexity index is 223. The van der Waals surface area contributed by atoms with E-state index in [0.717, 1.165) is 25.2 Å². The van der Waals surface area contributed by atoms with Gasteiger partial charge >= 0.3 is 0 Å². The molecule has 1 fully saturated rings. The summed E-state index contributed by atoms with van der Waals surface area (Å²) in [5, 5.41) is 10.6. The van der Waals surface area contributed by atoms with Gasteiger partial charge in [0.15, 0.2) is 0 Å². The van der Waals surface area contributed by atoms with Crippen LogP contribution >= 0.6 is 0 Å². The molecule has 2 atom stereocenters. The van der Waals surface area contributed by atoms with Crippen molar-refractivity contribution in [1.29, 1.82) is 0 Å². The Morgan fingerprint density at radius 2 is 1.72 bits per heavy atom. The Kier molecular flexibility index (Phi) is 6.65. The van der Waals surface area contributed by atoms with Crippen LogP contribution in [0.15, 0.2) is 0 Å². The van der Waals surface area contributed by atoms with Crippen molar-refractivity contribution >= 4 is 0 Å². The molecule has 0 saturated carbocycles. The molecule has 1 saturated heterocycles. The fourth-order valence-electron chi connectivity index (χ4n) is 3.11. The maximum absolute atomic E-state index is 10.6. The molecule has 0 spiro atoms. The fourth-order valence-corrected chi connectivity index (χ4v) is 3.11. The van der Waals surface area contributed by atoms with E-state index in [1.54, 1.807) is 0 Å². The molecule has 0 aromatic heterocycles. The van der Waals surface area contributed by atoms with E-state index in [2.05, 4.69) is 32.6 Å². The predicted molar refractivity (Wildman–Crippen MR) is 78.8 cm³/mol. The van der Waals surface area contributed by atoms with Crippen molar-refractivity contribution in [2.45, 2.75) is 84.3 Å². The predicted octanol–water partition coefficient (Wildman–Crippen LogP) is 3.83. The van der Waals surface area contributed by atoms with Crippen LogP contribution in [0.5, 0.6) is 0 Å². The average Bonchev–Trinajstić information content (AvgIpc) is 2.38. The first-order valence-electron chi connectivity index (χ1n) is 7.93. The van der Waals surface area contributed by atoms with Crippen molar-refractivity contribution in [3.05, 3.63) is 0 Å². The van der Waals surface area contributed by atoms with Crippen molar-refractivity contribution in [3.8, 4) is 0 Å². The first-order valence-corrected chi connectivity index (χ1v) is 7.93. The third-order valence-electron chi connectivity index (χ3n) is 4.77. The van der Waals surface area contributed by atoms with E-state index in [9.17, 15) is 5.11 Å². The van der Waals surface area contributed by atoms with Crippen LogP contribution in [0.4, 0.5) is 0 Å². The van der Waals surface area contributed by atoms with Gasteiger partial charge in [-0.05, 0) is 51.6 Å². The molecule has 0 bridgehead atoms. The standard InChI is InChI=1S/C16H33NO/c1-5-16(4,17-12-7-6-8-13-17)15(18)11-9-10-14(2)3/h14-15,18H,5-13H2,1-4H3. The minimum Gasteiger partial charge on any atom is -0.391 e. The second-order valence-corrected chi connectivity index (χ2v) is 6.60. The summed E-state index contributed by atoms with van der Waals surface area (Å²) in [5.74, 6) is 0.750. The summed E-state index contributed by atoms with van der Waals surface area (Å²) in [6, 6.07) is 0. The van der Waals surface area contributed by atoms with E-state index in [1.165, 1.54) is 38.8 Å². The van der Waals surface area contributed by atoms with Gasteiger partial charge in [0.05, 0.1) is 6.10 Å². The molecular weight excluding hydrogens is 222 g/mol. The minimum atomic E-state index is -0.167. The summed E-state index contributed by atoms with van der Waals surface area (Å²) in [4.78, 5) is 2.54. The van der Waals surface area contributed by atoms with Crippen LogP contribution in [0.25, 0.3) is 0 Å². The van der Waals surface area contributed by atoms with E-state index < -0.39 is 0 Å². The van der Waals surface area contributed by atoms with Crippen LogP contribution in [0.3, 0.4) is 0 Å². The van der Waals surface area contributed by atoms with Crippen LogP contribution in [0.2, 0.25) is 0 Å². The summed E-state index contributed by atoms with van der Waals surface area (Å²) in [5.41, 5.74) is -0.00258. The Hall–Kier alpha value is -0.0800. The number of aliphatic hydroxyl groups is 1. The van der Waals surface area contributed by atoms with Gasteiger partial charge in [-0.1, -0.05) is 40.0 Å². The average molecular weight is 255 g/mol. The smallest absolute Gasteiger partial charge is 0.0721 e. The third-order valence-corrected chi connectivity index (χ3v) is 4.77. The van der Waals surface area contributed by atoms with Gasteiger partial charge in [0.1, 0.15) is 0 Å². The van der Waals surface area contributed by atoms with Crippen molar-refractivity contribution in [1.82, 2.24) is 4.90 Å². The highest BCUT2D eigenvalue weighted by Gasteiger charge is 2.37. The second-order valence-electron chi connectivity index (χ2n) is 6.60. The highest BCUT2D eigenvalue weighted by molar-refractivity contribution is 4.93. The molecule has 2 nitrogen and oxygen atoms in total. The number of hydrogen-bond acceptors (Lipinski definition) is 2. The molecule has 1 N–H and O–H groups in total. The molecule has 108 valence electrons. The van der Waals surface area contributed by atoms with Crippen molar-refractivity contribution < 1.29 is 5.11 Å². The van der Waals surface area contributed by atoms with Crippen molar-refractivity contribution in [2.75, 3.05) is 13.1 Å².